The zero-order valence-corrected chi connectivity index (χ0v) is 20.6. The lowest BCUT2D eigenvalue weighted by Gasteiger charge is -2.12. The summed E-state index contributed by atoms with van der Waals surface area (Å²) in [6.07, 6.45) is 1.42. The second-order valence-corrected chi connectivity index (χ2v) is 7.22. The van der Waals surface area contributed by atoms with Gasteiger partial charge >= 0.3 is 0 Å². The zero-order valence-electron chi connectivity index (χ0n) is 20.6. The zero-order chi connectivity index (χ0) is 26.1. The van der Waals surface area contributed by atoms with E-state index in [0.717, 1.165) is 0 Å². The van der Waals surface area contributed by atoms with Gasteiger partial charge in [0, 0.05) is 17.2 Å². The number of hydrogen-bond donors (Lipinski definition) is 2. The van der Waals surface area contributed by atoms with Gasteiger partial charge in [-0.15, -0.1) is 0 Å². The molecule has 0 saturated heterocycles. The SMILES string of the molecule is COc1cc(OC)c(OC)cc1/C=N\NC(=O)c1ccccc1NC(=O)c1ccc(OC)c(OC)c1. The van der Waals surface area contributed by atoms with E-state index in [-0.39, 0.29) is 5.56 Å². The number of ether oxygens (including phenoxy) is 5. The maximum absolute atomic E-state index is 12.8. The molecule has 0 aliphatic carbocycles. The Labute approximate surface area is 208 Å². The van der Waals surface area contributed by atoms with Crippen LogP contribution in [0.25, 0.3) is 0 Å². The Morgan fingerprint density at radius 2 is 1.31 bits per heavy atom. The normalized spacial score (nSPS) is 10.5. The van der Waals surface area contributed by atoms with Crippen LogP contribution in [0.1, 0.15) is 26.3 Å². The molecular weight excluding hydrogens is 466 g/mol. The summed E-state index contributed by atoms with van der Waals surface area (Å²) in [4.78, 5) is 25.7. The predicted molar refractivity (Wildman–Crippen MR) is 135 cm³/mol. The number of nitrogens with one attached hydrogen (secondary N) is 2. The van der Waals surface area contributed by atoms with Crippen LogP contribution in [0.3, 0.4) is 0 Å². The fourth-order valence-corrected chi connectivity index (χ4v) is 3.34. The van der Waals surface area contributed by atoms with E-state index in [9.17, 15) is 9.59 Å². The van der Waals surface area contributed by atoms with E-state index < -0.39 is 11.8 Å². The van der Waals surface area contributed by atoms with Crippen molar-refractivity contribution in [1.29, 1.82) is 0 Å². The number of hydrazone groups is 1. The molecule has 0 spiro atoms. The van der Waals surface area contributed by atoms with Gasteiger partial charge in [-0.25, -0.2) is 5.43 Å². The molecule has 10 heteroatoms. The van der Waals surface area contributed by atoms with E-state index in [1.54, 1.807) is 54.6 Å². The molecule has 0 radical (unpaired) electrons. The Kier molecular flexibility index (Phi) is 8.71. The van der Waals surface area contributed by atoms with Gasteiger partial charge in [0.05, 0.1) is 53.0 Å². The Morgan fingerprint density at radius 3 is 1.97 bits per heavy atom. The minimum atomic E-state index is -0.520. The van der Waals surface area contributed by atoms with Crippen LogP contribution in [0, 0.1) is 0 Å². The lowest BCUT2D eigenvalue weighted by atomic mass is 10.1. The third-order valence-corrected chi connectivity index (χ3v) is 5.17. The molecule has 0 saturated carbocycles. The van der Waals surface area contributed by atoms with Crippen molar-refractivity contribution in [1.82, 2.24) is 5.43 Å². The van der Waals surface area contributed by atoms with E-state index in [2.05, 4.69) is 15.8 Å². The van der Waals surface area contributed by atoms with Crippen LogP contribution in [0.15, 0.2) is 59.7 Å². The molecule has 0 fully saturated rings. The summed E-state index contributed by atoms with van der Waals surface area (Å²) in [5.74, 6) is 1.43. The molecular formula is C26H27N3O7. The monoisotopic (exact) mass is 493 g/mol. The van der Waals surface area contributed by atoms with Crippen LogP contribution >= 0.6 is 0 Å². The highest BCUT2D eigenvalue weighted by Gasteiger charge is 2.16. The second-order valence-electron chi connectivity index (χ2n) is 7.22. The Balaban J connectivity index is 1.77. The van der Waals surface area contributed by atoms with E-state index in [1.807, 2.05) is 0 Å². The van der Waals surface area contributed by atoms with Gasteiger partial charge in [-0.2, -0.15) is 5.10 Å². The fraction of sp³-hybridized carbons (Fsp3) is 0.192. The van der Waals surface area contributed by atoms with Crippen molar-refractivity contribution >= 4 is 23.7 Å². The van der Waals surface area contributed by atoms with E-state index in [0.29, 0.717) is 45.6 Å². The number of para-hydroxylation sites is 1. The van der Waals surface area contributed by atoms with Crippen LogP contribution in [-0.4, -0.2) is 53.6 Å². The Bertz CT molecular complexity index is 1270. The number of rotatable bonds is 10. The fourth-order valence-electron chi connectivity index (χ4n) is 3.34. The molecule has 36 heavy (non-hydrogen) atoms. The summed E-state index contributed by atoms with van der Waals surface area (Å²) in [5.41, 5.74) is 3.90. The van der Waals surface area contributed by atoms with Crippen molar-refractivity contribution in [3.05, 3.63) is 71.3 Å². The summed E-state index contributed by atoms with van der Waals surface area (Å²) in [6.45, 7) is 0. The maximum atomic E-state index is 12.8. The number of carbonyl (C=O) groups excluding carboxylic acids is 2. The van der Waals surface area contributed by atoms with Gasteiger partial charge in [-0.3, -0.25) is 9.59 Å². The molecule has 3 aromatic carbocycles. The highest BCUT2D eigenvalue weighted by atomic mass is 16.5. The van der Waals surface area contributed by atoms with Crippen LogP contribution in [-0.2, 0) is 0 Å². The predicted octanol–water partition coefficient (Wildman–Crippen LogP) is 3.75. The molecule has 2 amide bonds. The van der Waals surface area contributed by atoms with Crippen molar-refractivity contribution in [3.8, 4) is 28.7 Å². The first kappa shape index (κ1) is 25.9. The lowest BCUT2D eigenvalue weighted by molar-refractivity contribution is 0.0956. The molecule has 0 aliphatic rings. The number of methoxy groups -OCH3 is 5. The molecule has 0 bridgehead atoms. The van der Waals surface area contributed by atoms with Gasteiger partial charge in [-0.1, -0.05) is 12.1 Å². The van der Waals surface area contributed by atoms with Crippen LogP contribution < -0.4 is 34.4 Å². The van der Waals surface area contributed by atoms with Gasteiger partial charge in [0.15, 0.2) is 23.0 Å². The van der Waals surface area contributed by atoms with Crippen molar-refractivity contribution in [2.75, 3.05) is 40.9 Å². The van der Waals surface area contributed by atoms with E-state index in [1.165, 1.54) is 41.8 Å². The van der Waals surface area contributed by atoms with Crippen molar-refractivity contribution < 1.29 is 33.3 Å². The molecule has 0 unspecified atom stereocenters. The first-order valence-corrected chi connectivity index (χ1v) is 10.7. The third-order valence-electron chi connectivity index (χ3n) is 5.17. The summed E-state index contributed by atoms with van der Waals surface area (Å²) >= 11 is 0. The van der Waals surface area contributed by atoms with Gasteiger partial charge < -0.3 is 29.0 Å². The topological polar surface area (TPSA) is 117 Å². The van der Waals surface area contributed by atoms with Crippen LogP contribution in [0.5, 0.6) is 28.7 Å². The average Bonchev–Trinajstić information content (AvgIpc) is 2.92. The molecule has 0 aliphatic heterocycles. The number of benzene rings is 3. The molecule has 0 heterocycles. The molecule has 3 aromatic rings. The highest BCUT2D eigenvalue weighted by molar-refractivity contribution is 6.09. The number of amides is 2. The molecule has 10 nitrogen and oxygen atoms in total. The van der Waals surface area contributed by atoms with Crippen LogP contribution in [0.2, 0.25) is 0 Å². The first-order valence-electron chi connectivity index (χ1n) is 10.7. The van der Waals surface area contributed by atoms with Crippen molar-refractivity contribution in [2.45, 2.75) is 0 Å². The number of nitrogens with zero attached hydrogens (tertiary/aromatic N) is 1. The second kappa shape index (κ2) is 12.1. The molecule has 2 N–H and O–H groups in total. The largest absolute Gasteiger partial charge is 0.496 e. The van der Waals surface area contributed by atoms with Crippen molar-refractivity contribution in [2.24, 2.45) is 5.10 Å². The Hall–Kier alpha value is -4.73. The number of hydrogen-bond acceptors (Lipinski definition) is 8. The summed E-state index contributed by atoms with van der Waals surface area (Å²) < 4.78 is 26.4. The maximum Gasteiger partial charge on any atom is 0.273 e. The molecule has 188 valence electrons. The van der Waals surface area contributed by atoms with Gasteiger partial charge in [0.25, 0.3) is 11.8 Å². The van der Waals surface area contributed by atoms with Gasteiger partial charge in [0.1, 0.15) is 5.75 Å². The quantitative estimate of drug-likeness (QED) is 0.326. The molecule has 0 aromatic heterocycles. The standard InChI is InChI=1S/C26H27N3O7/c1-32-20-11-10-16(12-22(20)34-3)25(30)28-19-9-7-6-8-18(19)26(31)29-27-15-17-13-23(35-4)24(36-5)14-21(17)33-2/h6-15H,1-5H3,(H,28,30)(H,29,31)/b27-15-. The van der Waals surface area contributed by atoms with E-state index >= 15 is 0 Å². The summed E-state index contributed by atoms with van der Waals surface area (Å²) in [7, 11) is 7.54. The third kappa shape index (κ3) is 5.84. The smallest absolute Gasteiger partial charge is 0.273 e. The summed E-state index contributed by atoms with van der Waals surface area (Å²) in [6, 6.07) is 14.7. The molecule has 0 atom stereocenters. The summed E-state index contributed by atoms with van der Waals surface area (Å²) in [5, 5.41) is 6.79. The van der Waals surface area contributed by atoms with Crippen LogP contribution in [0.4, 0.5) is 5.69 Å². The van der Waals surface area contributed by atoms with Gasteiger partial charge in [-0.05, 0) is 36.4 Å². The average molecular weight is 494 g/mol. The number of anilines is 1. The minimum absolute atomic E-state index is 0.225. The molecule has 3 rings (SSSR count). The Morgan fingerprint density at radius 1 is 0.694 bits per heavy atom. The van der Waals surface area contributed by atoms with Crippen molar-refractivity contribution in [3.63, 3.8) is 0 Å². The first-order chi connectivity index (χ1) is 17.4. The highest BCUT2D eigenvalue weighted by Crippen LogP contribution is 2.33. The van der Waals surface area contributed by atoms with E-state index in [4.69, 9.17) is 23.7 Å². The lowest BCUT2D eigenvalue weighted by Crippen LogP contribution is -2.21. The minimum Gasteiger partial charge on any atom is -0.496 e. The van der Waals surface area contributed by atoms with Gasteiger partial charge in [0.2, 0.25) is 0 Å². The number of carbonyl (C=O) groups is 2.